The summed E-state index contributed by atoms with van der Waals surface area (Å²) in [4.78, 5) is 19.8. The minimum atomic E-state index is -3.61. The maximum atomic E-state index is 13.3. The van der Waals surface area contributed by atoms with Gasteiger partial charge in [-0.15, -0.1) is 0 Å². The monoisotopic (exact) mass is 488 g/mol. The molecular weight excluding hydrogens is 460 g/mol. The van der Waals surface area contributed by atoms with Crippen molar-refractivity contribution < 1.29 is 22.7 Å². The Kier molecular flexibility index (Phi) is 7.02. The van der Waals surface area contributed by atoms with Gasteiger partial charge in [-0.2, -0.15) is 0 Å². The van der Waals surface area contributed by atoms with Gasteiger partial charge in [-0.25, -0.2) is 13.4 Å². The summed E-state index contributed by atoms with van der Waals surface area (Å²) in [5.74, 6) is 0.0357. The zero-order valence-corrected chi connectivity index (χ0v) is 20.7. The fourth-order valence-electron chi connectivity index (χ4n) is 4.01. The summed E-state index contributed by atoms with van der Waals surface area (Å²) in [7, 11) is -2.09. The summed E-state index contributed by atoms with van der Waals surface area (Å²) >= 11 is 1.45. The van der Waals surface area contributed by atoms with Gasteiger partial charge in [0, 0.05) is 13.0 Å². The van der Waals surface area contributed by atoms with Crippen LogP contribution in [0.2, 0.25) is 0 Å². The largest absolute Gasteiger partial charge is 0.497 e. The van der Waals surface area contributed by atoms with Crippen LogP contribution in [0.15, 0.2) is 41.3 Å². The van der Waals surface area contributed by atoms with E-state index in [1.54, 1.807) is 17.0 Å². The van der Waals surface area contributed by atoms with E-state index in [2.05, 4.69) is 12.1 Å². The third-order valence-corrected chi connectivity index (χ3v) is 8.52. The lowest BCUT2D eigenvalue weighted by Crippen LogP contribution is -2.38. The summed E-state index contributed by atoms with van der Waals surface area (Å²) in [6, 6.07) is 10.3. The van der Waals surface area contributed by atoms with Gasteiger partial charge in [-0.3, -0.25) is 9.69 Å². The Morgan fingerprint density at radius 2 is 2.00 bits per heavy atom. The van der Waals surface area contributed by atoms with Gasteiger partial charge in [-0.05, 0) is 68.1 Å². The molecule has 0 radical (unpaired) electrons. The topological polar surface area (TPSA) is 85.8 Å². The van der Waals surface area contributed by atoms with Crippen LogP contribution in [0.4, 0.5) is 5.13 Å². The number of amides is 1. The van der Waals surface area contributed by atoms with E-state index >= 15 is 0 Å². The number of aromatic nitrogens is 1. The lowest BCUT2D eigenvalue weighted by molar-refractivity contribution is -0.118. The number of thiazole rings is 1. The molecule has 2 heterocycles. The summed E-state index contributed by atoms with van der Waals surface area (Å²) in [5, 5.41) is 0.584. The van der Waals surface area contributed by atoms with E-state index in [4.69, 9.17) is 14.5 Å². The molecule has 33 heavy (non-hydrogen) atoms. The van der Waals surface area contributed by atoms with Gasteiger partial charge in [0.05, 0.1) is 40.6 Å². The molecule has 176 valence electrons. The van der Waals surface area contributed by atoms with E-state index in [-0.39, 0.29) is 29.1 Å². The van der Waals surface area contributed by atoms with Crippen LogP contribution in [0.1, 0.15) is 30.4 Å². The van der Waals surface area contributed by atoms with Gasteiger partial charge >= 0.3 is 0 Å². The highest BCUT2D eigenvalue weighted by atomic mass is 32.2. The molecule has 2 aromatic carbocycles. The van der Waals surface area contributed by atoms with Crippen LogP contribution in [-0.4, -0.2) is 51.4 Å². The Bertz CT molecular complexity index is 1250. The molecule has 1 aromatic heterocycles. The number of ether oxygens (including phenoxy) is 2. The quantitative estimate of drug-likeness (QED) is 0.470. The molecule has 0 N–H and O–H groups in total. The second-order valence-electron chi connectivity index (χ2n) is 8.31. The molecule has 7 nitrogen and oxygen atoms in total. The van der Waals surface area contributed by atoms with Crippen molar-refractivity contribution in [3.8, 4) is 5.75 Å². The van der Waals surface area contributed by atoms with E-state index in [9.17, 15) is 13.2 Å². The van der Waals surface area contributed by atoms with Crippen LogP contribution >= 0.6 is 11.3 Å². The number of hydrogen-bond donors (Lipinski definition) is 0. The Morgan fingerprint density at radius 3 is 2.67 bits per heavy atom. The molecule has 1 amide bonds. The zero-order valence-electron chi connectivity index (χ0n) is 19.0. The third kappa shape index (κ3) is 5.37. The number of sulfone groups is 1. The maximum absolute atomic E-state index is 13.3. The average Bonchev–Trinajstić information content (AvgIpc) is 3.46. The Morgan fingerprint density at radius 1 is 1.24 bits per heavy atom. The highest BCUT2D eigenvalue weighted by Gasteiger charge is 2.28. The van der Waals surface area contributed by atoms with E-state index in [0.717, 1.165) is 34.2 Å². The molecule has 1 fully saturated rings. The smallest absolute Gasteiger partial charge is 0.229 e. The summed E-state index contributed by atoms with van der Waals surface area (Å²) in [5.41, 5.74) is 3.06. The Labute approximate surface area is 198 Å². The first kappa shape index (κ1) is 23.7. The van der Waals surface area contributed by atoms with Gasteiger partial charge in [-0.1, -0.05) is 17.4 Å². The van der Waals surface area contributed by atoms with Crippen molar-refractivity contribution in [3.05, 3.63) is 47.5 Å². The molecule has 3 aromatic rings. The number of anilines is 1. The van der Waals surface area contributed by atoms with E-state index in [0.29, 0.717) is 24.0 Å². The van der Waals surface area contributed by atoms with Crippen LogP contribution in [0.25, 0.3) is 10.2 Å². The molecule has 0 bridgehead atoms. The average molecular weight is 489 g/mol. The number of hydrogen-bond acceptors (Lipinski definition) is 7. The fraction of sp³-hybridized carbons (Fsp3) is 0.417. The van der Waals surface area contributed by atoms with Crippen molar-refractivity contribution in [3.63, 3.8) is 0 Å². The predicted octanol–water partition coefficient (Wildman–Crippen LogP) is 4.30. The molecule has 4 rings (SSSR count). The summed E-state index contributed by atoms with van der Waals surface area (Å²) in [6.07, 6.45) is 1.63. The predicted molar refractivity (Wildman–Crippen MR) is 130 cm³/mol. The van der Waals surface area contributed by atoms with Crippen molar-refractivity contribution in [1.29, 1.82) is 0 Å². The summed E-state index contributed by atoms with van der Waals surface area (Å²) in [6.45, 7) is 5.09. The molecule has 1 unspecified atom stereocenters. The first-order chi connectivity index (χ1) is 15.8. The fourth-order valence-corrected chi connectivity index (χ4v) is 6.41. The van der Waals surface area contributed by atoms with Crippen LogP contribution in [0.5, 0.6) is 5.75 Å². The SMILES string of the molecule is COc1ccc(S(=O)(=O)CCC(=O)N(CC2CCCO2)c2nc3c(C)cc(C)cc3s2)cc1. The first-order valence-corrected chi connectivity index (χ1v) is 13.4. The van der Waals surface area contributed by atoms with Crippen LogP contribution in [0, 0.1) is 13.8 Å². The van der Waals surface area contributed by atoms with Gasteiger partial charge in [0.25, 0.3) is 0 Å². The molecule has 1 aliphatic rings. The Hall–Kier alpha value is -2.49. The van der Waals surface area contributed by atoms with Gasteiger partial charge in [0.1, 0.15) is 5.75 Å². The summed E-state index contributed by atoms with van der Waals surface area (Å²) < 4.78 is 37.5. The van der Waals surface area contributed by atoms with Crippen LogP contribution in [-0.2, 0) is 19.4 Å². The van der Waals surface area contributed by atoms with Gasteiger partial charge in [0.15, 0.2) is 15.0 Å². The highest BCUT2D eigenvalue weighted by Crippen LogP contribution is 2.33. The second-order valence-corrected chi connectivity index (χ2v) is 11.4. The van der Waals surface area contributed by atoms with Crippen LogP contribution in [0.3, 0.4) is 0 Å². The van der Waals surface area contributed by atoms with Crippen molar-refractivity contribution in [2.24, 2.45) is 0 Å². The number of nitrogens with zero attached hydrogens (tertiary/aromatic N) is 2. The standard InChI is InChI=1S/C24H28N2O5S2/c1-16-13-17(2)23-21(14-16)32-24(25-23)26(15-19-5-4-11-31-19)22(27)10-12-33(28,29)20-8-6-18(30-3)7-9-20/h6-9,13-14,19H,4-5,10-12,15H2,1-3H3. The van der Waals surface area contributed by atoms with Gasteiger partial charge in [0.2, 0.25) is 5.91 Å². The third-order valence-electron chi connectivity index (χ3n) is 5.76. The molecule has 1 aliphatic heterocycles. The minimum absolute atomic E-state index is 0.0676. The lowest BCUT2D eigenvalue weighted by Gasteiger charge is -2.23. The van der Waals surface area contributed by atoms with Crippen LogP contribution < -0.4 is 9.64 Å². The van der Waals surface area contributed by atoms with E-state index in [1.807, 2.05) is 13.8 Å². The number of carbonyl (C=O) groups is 1. The first-order valence-electron chi connectivity index (χ1n) is 10.9. The molecule has 9 heteroatoms. The molecule has 1 saturated heterocycles. The normalized spacial score (nSPS) is 16.3. The number of carbonyl (C=O) groups excluding carboxylic acids is 1. The molecular formula is C24H28N2O5S2. The Balaban J connectivity index is 1.56. The molecule has 0 saturated carbocycles. The van der Waals surface area contributed by atoms with E-state index in [1.165, 1.54) is 30.6 Å². The van der Waals surface area contributed by atoms with Crippen molar-refractivity contribution in [1.82, 2.24) is 4.98 Å². The number of aryl methyl sites for hydroxylation is 2. The second kappa shape index (κ2) is 9.79. The number of fused-ring (bicyclic) bond motifs is 1. The maximum Gasteiger partial charge on any atom is 0.229 e. The van der Waals surface area contributed by atoms with Gasteiger partial charge < -0.3 is 9.47 Å². The number of methoxy groups -OCH3 is 1. The van der Waals surface area contributed by atoms with Crippen molar-refractivity contribution in [2.75, 3.05) is 30.9 Å². The number of benzene rings is 2. The molecule has 1 atom stereocenters. The molecule has 0 aliphatic carbocycles. The van der Waals surface area contributed by atoms with E-state index < -0.39 is 9.84 Å². The number of rotatable bonds is 8. The van der Waals surface area contributed by atoms with Crippen molar-refractivity contribution >= 4 is 42.4 Å². The molecule has 0 spiro atoms. The zero-order chi connectivity index (χ0) is 23.6. The lowest BCUT2D eigenvalue weighted by atomic mass is 10.1. The van der Waals surface area contributed by atoms with Crippen molar-refractivity contribution in [2.45, 2.75) is 44.1 Å². The minimum Gasteiger partial charge on any atom is -0.497 e. The highest BCUT2D eigenvalue weighted by molar-refractivity contribution is 7.91.